The first kappa shape index (κ1) is 31.9. The number of aromatic nitrogens is 1. The fourth-order valence-electron chi connectivity index (χ4n) is 4.88. The average molecular weight is 692 g/mol. The molecule has 1 aromatic heterocycles. The van der Waals surface area contributed by atoms with Crippen LogP contribution in [0.1, 0.15) is 43.5 Å². The Hall–Kier alpha value is -4.48. The van der Waals surface area contributed by atoms with Crippen molar-refractivity contribution in [2.45, 2.75) is 26.8 Å². The van der Waals surface area contributed by atoms with Crippen molar-refractivity contribution in [1.82, 2.24) is 4.57 Å². The first-order valence-electron chi connectivity index (χ1n) is 14.4. The Labute approximate surface area is 272 Å². The number of hydrogen-bond donors (Lipinski definition) is 0. The second-order valence-electron chi connectivity index (χ2n) is 9.72. The molecule has 232 valence electrons. The average Bonchev–Trinajstić information content (AvgIpc) is 3.35. The highest BCUT2D eigenvalue weighted by Crippen LogP contribution is 2.35. The molecule has 0 amide bonds. The zero-order valence-electron chi connectivity index (χ0n) is 24.9. The van der Waals surface area contributed by atoms with Crippen LogP contribution in [0.3, 0.4) is 0 Å². The Morgan fingerprint density at radius 1 is 0.933 bits per heavy atom. The number of benzene rings is 3. The zero-order chi connectivity index (χ0) is 31.9. The summed E-state index contributed by atoms with van der Waals surface area (Å²) >= 11 is 4.72. The molecule has 0 radical (unpaired) electrons. The second-order valence-corrected chi connectivity index (χ2v) is 11.6. The molecule has 1 aliphatic rings. The molecule has 0 spiro atoms. The molecular weight excluding hydrogens is 660 g/mol. The van der Waals surface area contributed by atoms with Gasteiger partial charge in [0.25, 0.3) is 5.56 Å². The normalized spacial score (nSPS) is 14.4. The summed E-state index contributed by atoms with van der Waals surface area (Å²) < 4.78 is 24.2. The molecule has 45 heavy (non-hydrogen) atoms. The Morgan fingerprint density at radius 2 is 1.67 bits per heavy atom. The number of rotatable bonds is 11. The highest BCUT2D eigenvalue weighted by atomic mass is 79.9. The predicted molar refractivity (Wildman–Crippen MR) is 175 cm³/mol. The summed E-state index contributed by atoms with van der Waals surface area (Å²) in [5.74, 6) is 0.131. The molecular formula is C34H31BrN2O7S. The molecule has 0 N–H and O–H groups in total. The molecule has 11 heteroatoms. The van der Waals surface area contributed by atoms with Gasteiger partial charge in [-0.3, -0.25) is 9.36 Å². The van der Waals surface area contributed by atoms with Gasteiger partial charge in [-0.25, -0.2) is 14.6 Å². The van der Waals surface area contributed by atoms with Crippen molar-refractivity contribution in [2.24, 2.45) is 4.99 Å². The van der Waals surface area contributed by atoms with E-state index in [4.69, 9.17) is 23.9 Å². The van der Waals surface area contributed by atoms with Crippen LogP contribution in [0.4, 0.5) is 0 Å². The van der Waals surface area contributed by atoms with Gasteiger partial charge < -0.3 is 18.9 Å². The Kier molecular flexibility index (Phi) is 10.3. The summed E-state index contributed by atoms with van der Waals surface area (Å²) in [6.07, 6.45) is 1.76. The van der Waals surface area contributed by atoms with Crippen molar-refractivity contribution >= 4 is 51.0 Å². The quantitative estimate of drug-likeness (QED) is 0.203. The minimum Gasteiger partial charge on any atom is -0.494 e. The van der Waals surface area contributed by atoms with Crippen molar-refractivity contribution < 1.29 is 28.5 Å². The number of thiazole rings is 1. The van der Waals surface area contributed by atoms with Gasteiger partial charge in [0.15, 0.2) is 11.4 Å². The van der Waals surface area contributed by atoms with E-state index in [9.17, 15) is 14.4 Å². The van der Waals surface area contributed by atoms with Crippen LogP contribution in [0, 0.1) is 0 Å². The lowest BCUT2D eigenvalue weighted by molar-refractivity contribution is -0.145. The highest BCUT2D eigenvalue weighted by molar-refractivity contribution is 9.10. The summed E-state index contributed by atoms with van der Waals surface area (Å²) in [5.41, 5.74) is 2.59. The minimum atomic E-state index is -0.793. The first-order valence-corrected chi connectivity index (χ1v) is 16.0. The molecule has 0 aliphatic carbocycles. The van der Waals surface area contributed by atoms with Crippen LogP contribution in [0.5, 0.6) is 11.5 Å². The lowest BCUT2D eigenvalue weighted by atomic mass is 9.93. The van der Waals surface area contributed by atoms with Gasteiger partial charge in [-0.1, -0.05) is 59.9 Å². The minimum absolute atomic E-state index is 0.166. The van der Waals surface area contributed by atoms with Gasteiger partial charge in [0.2, 0.25) is 0 Å². The van der Waals surface area contributed by atoms with Crippen molar-refractivity contribution in [3.8, 4) is 11.5 Å². The Bertz CT molecular complexity index is 1910. The van der Waals surface area contributed by atoms with E-state index in [1.165, 1.54) is 11.3 Å². The van der Waals surface area contributed by atoms with Crippen molar-refractivity contribution in [3.05, 3.63) is 119 Å². The second kappa shape index (κ2) is 14.5. The number of fused-ring (bicyclic) bond motifs is 1. The number of ether oxygens (including phenoxy) is 4. The standard InChI is InChI=1S/C34H31BrN2O7S/c1-4-41-24-15-13-23(14-16-24)31-29(33(40)43-6-3)30(22-10-8-7-9-11-22)36-34-37(31)32(39)27(45-34)19-21-12-17-26(25(35)18-21)44-20-28(38)42-5-2/h7-19,31H,4-6,20H2,1-3H3/b27-19-/t31-/m0/s1. The number of carbonyl (C=O) groups excluding carboxylic acids is 2. The Morgan fingerprint density at radius 3 is 2.33 bits per heavy atom. The number of halogens is 1. The van der Waals surface area contributed by atoms with Gasteiger partial charge in [0.1, 0.15) is 11.5 Å². The predicted octanol–water partition coefficient (Wildman–Crippen LogP) is 5.04. The van der Waals surface area contributed by atoms with E-state index in [0.717, 1.165) is 11.1 Å². The Balaban J connectivity index is 1.65. The SMILES string of the molecule is CCOC(=O)COc1ccc(/C=c2\sc3n(c2=O)[C@@H](c2ccc(OCC)cc2)C(C(=O)OCC)=C(c2ccccc2)N=3)cc1Br. The maximum absolute atomic E-state index is 14.1. The molecule has 1 atom stereocenters. The lowest BCUT2D eigenvalue weighted by Gasteiger charge is -2.26. The van der Waals surface area contributed by atoms with Gasteiger partial charge in [0, 0.05) is 5.56 Å². The molecule has 2 heterocycles. The maximum atomic E-state index is 14.1. The molecule has 3 aromatic carbocycles. The van der Waals surface area contributed by atoms with Crippen LogP contribution in [-0.4, -0.2) is 42.9 Å². The van der Waals surface area contributed by atoms with E-state index in [2.05, 4.69) is 15.9 Å². The van der Waals surface area contributed by atoms with Crippen molar-refractivity contribution in [1.29, 1.82) is 0 Å². The maximum Gasteiger partial charge on any atom is 0.344 e. The molecule has 9 nitrogen and oxygen atoms in total. The highest BCUT2D eigenvalue weighted by Gasteiger charge is 2.35. The van der Waals surface area contributed by atoms with Crippen LogP contribution in [0.15, 0.2) is 92.6 Å². The summed E-state index contributed by atoms with van der Waals surface area (Å²) in [6.45, 7) is 6.10. The topological polar surface area (TPSA) is 105 Å². The smallest absolute Gasteiger partial charge is 0.344 e. The van der Waals surface area contributed by atoms with Gasteiger partial charge in [-0.2, -0.15) is 0 Å². The molecule has 0 saturated carbocycles. The number of hydrogen-bond acceptors (Lipinski definition) is 9. The first-order chi connectivity index (χ1) is 21.8. The molecule has 0 fully saturated rings. The third-order valence-corrected chi connectivity index (χ3v) is 8.39. The van der Waals surface area contributed by atoms with E-state index in [1.54, 1.807) is 42.7 Å². The largest absolute Gasteiger partial charge is 0.494 e. The molecule has 0 unspecified atom stereocenters. The third kappa shape index (κ3) is 7.10. The zero-order valence-corrected chi connectivity index (χ0v) is 27.4. The molecule has 5 rings (SSSR count). The van der Waals surface area contributed by atoms with Gasteiger partial charge in [0.05, 0.1) is 46.1 Å². The van der Waals surface area contributed by atoms with Crippen LogP contribution >= 0.6 is 27.3 Å². The van der Waals surface area contributed by atoms with Gasteiger partial charge in [-0.15, -0.1) is 0 Å². The summed E-state index contributed by atoms with van der Waals surface area (Å²) in [7, 11) is 0. The van der Waals surface area contributed by atoms with E-state index < -0.39 is 18.0 Å². The molecule has 4 aromatic rings. The molecule has 0 saturated heterocycles. The number of carbonyl (C=O) groups is 2. The van der Waals surface area contributed by atoms with Crippen LogP contribution in [-0.2, 0) is 19.1 Å². The molecule has 0 bridgehead atoms. The van der Waals surface area contributed by atoms with E-state index >= 15 is 0 Å². The molecule has 1 aliphatic heterocycles. The van der Waals surface area contributed by atoms with Gasteiger partial charge >= 0.3 is 11.9 Å². The lowest BCUT2D eigenvalue weighted by Crippen LogP contribution is -2.40. The summed E-state index contributed by atoms with van der Waals surface area (Å²) in [4.78, 5) is 44.8. The van der Waals surface area contributed by atoms with Crippen LogP contribution < -0.4 is 24.4 Å². The summed E-state index contributed by atoms with van der Waals surface area (Å²) in [6, 6.07) is 21.2. The van der Waals surface area contributed by atoms with E-state index in [1.807, 2.05) is 61.5 Å². The number of esters is 2. The monoisotopic (exact) mass is 690 g/mol. The summed E-state index contributed by atoms with van der Waals surface area (Å²) in [5, 5.41) is 0. The fraction of sp³-hybridized carbons (Fsp3) is 0.235. The van der Waals surface area contributed by atoms with Crippen LogP contribution in [0.25, 0.3) is 11.8 Å². The fourth-order valence-corrected chi connectivity index (χ4v) is 6.40. The van der Waals surface area contributed by atoms with Gasteiger partial charge in [-0.05, 0) is 78.2 Å². The van der Waals surface area contributed by atoms with Crippen molar-refractivity contribution in [2.75, 3.05) is 26.4 Å². The third-order valence-electron chi connectivity index (χ3n) is 6.79. The van der Waals surface area contributed by atoms with Crippen LogP contribution in [0.2, 0.25) is 0 Å². The number of nitrogens with zero attached hydrogens (tertiary/aromatic N) is 2. The van der Waals surface area contributed by atoms with E-state index in [-0.39, 0.29) is 31.0 Å². The van der Waals surface area contributed by atoms with E-state index in [0.29, 0.717) is 43.2 Å². The van der Waals surface area contributed by atoms with Crippen molar-refractivity contribution in [3.63, 3.8) is 0 Å².